The first-order chi connectivity index (χ1) is 5.79. The highest BCUT2D eigenvalue weighted by Gasteiger charge is 2.38. The second-order valence-electron chi connectivity index (χ2n) is 4.03. The summed E-state index contributed by atoms with van der Waals surface area (Å²) in [6.07, 6.45) is 2.66. The van der Waals surface area contributed by atoms with Crippen LogP contribution >= 0.6 is 0 Å². The molecule has 3 heteroatoms. The molecule has 0 aromatic heterocycles. The van der Waals surface area contributed by atoms with Crippen molar-refractivity contribution >= 4 is 0 Å². The fourth-order valence-electron chi connectivity index (χ4n) is 1.99. The van der Waals surface area contributed by atoms with Crippen LogP contribution in [0.4, 0.5) is 4.39 Å². The zero-order chi connectivity index (χ0) is 8.44. The van der Waals surface area contributed by atoms with E-state index in [-0.39, 0.29) is 0 Å². The first-order valence-electron chi connectivity index (χ1n) is 4.91. The van der Waals surface area contributed by atoms with Crippen molar-refractivity contribution in [3.05, 3.63) is 0 Å². The Bertz CT molecular complexity index is 151. The fourth-order valence-corrected chi connectivity index (χ4v) is 1.99. The van der Waals surface area contributed by atoms with Crippen LogP contribution in [-0.2, 0) is 0 Å². The molecule has 0 spiro atoms. The maximum absolute atomic E-state index is 13.6. The van der Waals surface area contributed by atoms with Gasteiger partial charge in [0.05, 0.1) is 0 Å². The van der Waals surface area contributed by atoms with E-state index in [1.807, 2.05) is 0 Å². The lowest BCUT2D eigenvalue weighted by Crippen LogP contribution is -2.51. The van der Waals surface area contributed by atoms with Crippen LogP contribution in [0, 0.1) is 0 Å². The van der Waals surface area contributed by atoms with Crippen molar-refractivity contribution in [1.29, 1.82) is 0 Å². The van der Waals surface area contributed by atoms with Gasteiger partial charge in [0.1, 0.15) is 5.67 Å². The number of alkyl halides is 1. The molecule has 0 aromatic rings. The second-order valence-corrected chi connectivity index (χ2v) is 4.03. The average molecular weight is 172 g/mol. The third-order valence-electron chi connectivity index (χ3n) is 2.97. The van der Waals surface area contributed by atoms with Crippen molar-refractivity contribution in [3.8, 4) is 0 Å². The summed E-state index contributed by atoms with van der Waals surface area (Å²) < 4.78 is 13.6. The maximum atomic E-state index is 13.6. The molecule has 0 radical (unpaired) electrons. The lowest BCUT2D eigenvalue weighted by molar-refractivity contribution is 0.0172. The number of hydrogen-bond acceptors (Lipinski definition) is 2. The van der Waals surface area contributed by atoms with E-state index in [1.165, 1.54) is 0 Å². The number of nitrogens with zero attached hydrogens (tertiary/aromatic N) is 1. The molecule has 1 aliphatic carbocycles. The van der Waals surface area contributed by atoms with E-state index < -0.39 is 5.67 Å². The van der Waals surface area contributed by atoms with Crippen LogP contribution in [0.5, 0.6) is 0 Å². The van der Waals surface area contributed by atoms with E-state index in [1.54, 1.807) is 0 Å². The minimum atomic E-state index is -0.822. The second kappa shape index (κ2) is 3.30. The lowest BCUT2D eigenvalue weighted by atomic mass is 9.81. The quantitative estimate of drug-likeness (QED) is 0.662. The summed E-state index contributed by atoms with van der Waals surface area (Å²) in [7, 11) is 0. The van der Waals surface area contributed by atoms with Crippen molar-refractivity contribution < 1.29 is 4.39 Å². The molecule has 2 aliphatic rings. The van der Waals surface area contributed by atoms with Crippen LogP contribution in [0.3, 0.4) is 0 Å². The molecule has 1 aliphatic heterocycles. The number of nitrogens with one attached hydrogen (secondary N) is 1. The summed E-state index contributed by atoms with van der Waals surface area (Å²) >= 11 is 0. The first-order valence-corrected chi connectivity index (χ1v) is 4.91. The number of halogens is 1. The van der Waals surface area contributed by atoms with Gasteiger partial charge < -0.3 is 5.32 Å². The molecule has 70 valence electrons. The Morgan fingerprint density at radius 2 is 1.92 bits per heavy atom. The van der Waals surface area contributed by atoms with Gasteiger partial charge in [-0.15, -0.1) is 0 Å². The van der Waals surface area contributed by atoms with Gasteiger partial charge in [0.15, 0.2) is 0 Å². The molecule has 0 amide bonds. The van der Waals surface area contributed by atoms with Gasteiger partial charge in [-0.3, -0.25) is 4.90 Å². The Balaban J connectivity index is 1.77. The number of hydrogen-bond donors (Lipinski definition) is 1. The molecule has 0 aromatic carbocycles. The Kier molecular flexibility index (Phi) is 2.33. The lowest BCUT2D eigenvalue weighted by Gasteiger charge is -2.39. The first kappa shape index (κ1) is 8.45. The highest BCUT2D eigenvalue weighted by Crippen LogP contribution is 2.36. The molecule has 1 N–H and O–H groups in total. The fraction of sp³-hybridized carbons (Fsp3) is 1.00. The van der Waals surface area contributed by atoms with E-state index in [2.05, 4.69) is 10.2 Å². The van der Waals surface area contributed by atoms with Gasteiger partial charge in [-0.2, -0.15) is 0 Å². The van der Waals surface area contributed by atoms with Gasteiger partial charge in [-0.05, 0) is 19.3 Å². The molecule has 1 saturated heterocycles. The van der Waals surface area contributed by atoms with Crippen molar-refractivity contribution in [3.63, 3.8) is 0 Å². The van der Waals surface area contributed by atoms with E-state index in [9.17, 15) is 4.39 Å². The molecule has 0 atom stereocenters. The molecular formula is C9H17FN2. The summed E-state index contributed by atoms with van der Waals surface area (Å²) in [6.45, 7) is 4.76. The van der Waals surface area contributed by atoms with Gasteiger partial charge >= 0.3 is 0 Å². The zero-order valence-electron chi connectivity index (χ0n) is 7.48. The normalized spacial score (nSPS) is 29.8. The molecule has 2 nitrogen and oxygen atoms in total. The number of piperazine rings is 1. The van der Waals surface area contributed by atoms with Crippen LogP contribution in [-0.4, -0.2) is 43.3 Å². The molecule has 2 rings (SSSR count). The Morgan fingerprint density at radius 1 is 1.25 bits per heavy atom. The molecule has 2 fully saturated rings. The van der Waals surface area contributed by atoms with Crippen LogP contribution in [0.25, 0.3) is 0 Å². The summed E-state index contributed by atoms with van der Waals surface area (Å²) in [6, 6.07) is 0. The van der Waals surface area contributed by atoms with E-state index in [0.717, 1.165) is 45.4 Å². The molecular weight excluding hydrogens is 155 g/mol. The van der Waals surface area contributed by atoms with Crippen LogP contribution in [0.1, 0.15) is 19.3 Å². The van der Waals surface area contributed by atoms with Gasteiger partial charge in [-0.25, -0.2) is 4.39 Å². The maximum Gasteiger partial charge on any atom is 0.123 e. The predicted octanol–water partition coefficient (Wildman–Crippen LogP) is 0.784. The molecule has 1 saturated carbocycles. The molecule has 1 heterocycles. The van der Waals surface area contributed by atoms with Crippen molar-refractivity contribution in [2.24, 2.45) is 0 Å². The van der Waals surface area contributed by atoms with Crippen LogP contribution < -0.4 is 5.32 Å². The zero-order valence-corrected chi connectivity index (χ0v) is 7.48. The minimum Gasteiger partial charge on any atom is -0.314 e. The van der Waals surface area contributed by atoms with E-state index in [0.29, 0.717) is 6.54 Å². The monoisotopic (exact) mass is 172 g/mol. The average Bonchev–Trinajstić information content (AvgIpc) is 2.04. The largest absolute Gasteiger partial charge is 0.314 e. The third-order valence-corrected chi connectivity index (χ3v) is 2.97. The van der Waals surface area contributed by atoms with Gasteiger partial charge in [0.25, 0.3) is 0 Å². The summed E-state index contributed by atoms with van der Waals surface area (Å²) in [5.41, 5.74) is -0.822. The topological polar surface area (TPSA) is 15.3 Å². The van der Waals surface area contributed by atoms with Gasteiger partial charge in [0, 0.05) is 32.7 Å². The highest BCUT2D eigenvalue weighted by atomic mass is 19.1. The van der Waals surface area contributed by atoms with Crippen molar-refractivity contribution in [1.82, 2.24) is 10.2 Å². The minimum absolute atomic E-state index is 0.675. The van der Waals surface area contributed by atoms with E-state index in [4.69, 9.17) is 0 Å². The predicted molar refractivity (Wildman–Crippen MR) is 47.0 cm³/mol. The van der Waals surface area contributed by atoms with Crippen LogP contribution in [0.2, 0.25) is 0 Å². The molecule has 12 heavy (non-hydrogen) atoms. The van der Waals surface area contributed by atoms with E-state index >= 15 is 0 Å². The van der Waals surface area contributed by atoms with Crippen molar-refractivity contribution in [2.45, 2.75) is 24.9 Å². The SMILES string of the molecule is FC1(CN2CCNCC2)CCC1. The number of rotatable bonds is 2. The third kappa shape index (κ3) is 1.77. The smallest absolute Gasteiger partial charge is 0.123 e. The molecule has 0 unspecified atom stereocenters. The summed E-state index contributed by atoms with van der Waals surface area (Å²) in [4.78, 5) is 2.25. The Labute approximate surface area is 73.1 Å². The Hall–Kier alpha value is -0.150. The standard InChI is InChI=1S/C9H17FN2/c10-9(2-1-3-9)8-12-6-4-11-5-7-12/h11H,1-8H2. The molecule has 0 bridgehead atoms. The van der Waals surface area contributed by atoms with Crippen molar-refractivity contribution in [2.75, 3.05) is 32.7 Å². The van der Waals surface area contributed by atoms with Gasteiger partial charge in [-0.1, -0.05) is 0 Å². The highest BCUT2D eigenvalue weighted by molar-refractivity contribution is 4.91. The summed E-state index contributed by atoms with van der Waals surface area (Å²) in [5, 5.41) is 3.27. The van der Waals surface area contributed by atoms with Crippen LogP contribution in [0.15, 0.2) is 0 Å². The van der Waals surface area contributed by atoms with Gasteiger partial charge in [0.2, 0.25) is 0 Å². The Morgan fingerprint density at radius 3 is 2.42 bits per heavy atom. The summed E-state index contributed by atoms with van der Waals surface area (Å²) in [5.74, 6) is 0.